The summed E-state index contributed by atoms with van der Waals surface area (Å²) in [4.78, 5) is 20.6. The summed E-state index contributed by atoms with van der Waals surface area (Å²) >= 11 is 0. The van der Waals surface area contributed by atoms with Crippen molar-refractivity contribution in [2.75, 3.05) is 21.3 Å². The van der Waals surface area contributed by atoms with Gasteiger partial charge in [-0.05, 0) is 23.3 Å². The number of rotatable bonds is 7. The van der Waals surface area contributed by atoms with Crippen LogP contribution in [-0.4, -0.2) is 42.4 Å². The summed E-state index contributed by atoms with van der Waals surface area (Å²) in [6.45, 7) is 0. The van der Waals surface area contributed by atoms with Gasteiger partial charge in [0.2, 0.25) is 5.88 Å². The quantitative estimate of drug-likeness (QED) is 0.342. The van der Waals surface area contributed by atoms with Gasteiger partial charge in [-0.1, -0.05) is 36.4 Å². The molecule has 0 amide bonds. The van der Waals surface area contributed by atoms with Crippen LogP contribution in [-0.2, 0) is 20.7 Å². The molecule has 1 N–H and O–H groups in total. The lowest BCUT2D eigenvalue weighted by Gasteiger charge is -2.12. The molecule has 0 unspecified atom stereocenters. The number of hydrogen-bond acceptors (Lipinski definition) is 8. The normalized spacial score (nSPS) is 10.3. The maximum absolute atomic E-state index is 12.2. The summed E-state index contributed by atoms with van der Waals surface area (Å²) < 4.78 is 15.7. The van der Waals surface area contributed by atoms with Crippen LogP contribution in [0.15, 0.2) is 67.2 Å². The summed E-state index contributed by atoms with van der Waals surface area (Å²) in [5.74, 6) is 0.242. The largest absolute Gasteiger partial charge is 0.503 e. The van der Waals surface area contributed by atoms with Crippen molar-refractivity contribution in [3.63, 3.8) is 0 Å². The average Bonchev–Trinajstić information content (AvgIpc) is 2.84. The van der Waals surface area contributed by atoms with Crippen molar-refractivity contribution in [3.05, 3.63) is 89.6 Å². The first-order valence-electron chi connectivity index (χ1n) is 9.48. The van der Waals surface area contributed by atoms with Gasteiger partial charge in [0.1, 0.15) is 23.7 Å². The minimum Gasteiger partial charge on any atom is -0.503 e. The van der Waals surface area contributed by atoms with Gasteiger partial charge in [0, 0.05) is 19.6 Å². The molecule has 0 aliphatic carbocycles. The topological polar surface area (TPSA) is 115 Å². The van der Waals surface area contributed by atoms with Gasteiger partial charge in [-0.2, -0.15) is 5.26 Å². The monoisotopic (exact) mass is 433 g/mol. The van der Waals surface area contributed by atoms with E-state index < -0.39 is 5.97 Å². The van der Waals surface area contributed by atoms with Crippen molar-refractivity contribution in [2.24, 2.45) is 0 Å². The summed E-state index contributed by atoms with van der Waals surface area (Å²) in [5, 5.41) is 16.2. The number of nitrogens with zero attached hydrogens (tertiary/aromatic N) is 3. The third-order valence-electron chi connectivity index (χ3n) is 4.24. The molecule has 3 rings (SSSR count). The zero-order valence-electron chi connectivity index (χ0n) is 18.0. The molecule has 0 spiro atoms. The van der Waals surface area contributed by atoms with Gasteiger partial charge in [0.25, 0.3) is 0 Å². The van der Waals surface area contributed by atoms with Crippen LogP contribution in [0.2, 0.25) is 0 Å². The van der Waals surface area contributed by atoms with Crippen LogP contribution in [0.5, 0.6) is 11.6 Å². The van der Waals surface area contributed by atoms with Gasteiger partial charge in [-0.3, -0.25) is 0 Å². The van der Waals surface area contributed by atoms with Crippen molar-refractivity contribution >= 4 is 11.5 Å². The molecule has 0 atom stereocenters. The third-order valence-corrected chi connectivity index (χ3v) is 4.24. The number of para-hydroxylation sites is 1. The number of methoxy groups -OCH3 is 2. The Morgan fingerprint density at radius 1 is 1.09 bits per heavy atom. The fraction of sp³-hybridized carbons (Fsp3) is 0.167. The summed E-state index contributed by atoms with van der Waals surface area (Å²) in [7, 11) is 3.79. The second kappa shape index (κ2) is 12.5. The Morgan fingerprint density at radius 3 is 2.53 bits per heavy atom. The highest BCUT2D eigenvalue weighted by Gasteiger charge is 2.17. The Balaban J connectivity index is 0.00000176. The van der Waals surface area contributed by atoms with Crippen molar-refractivity contribution in [1.29, 1.82) is 5.26 Å². The predicted octanol–water partition coefficient (Wildman–Crippen LogP) is 3.50. The number of carbonyl (C=O) groups excluding carboxylic acids is 1. The molecule has 8 nitrogen and oxygen atoms in total. The molecule has 0 saturated heterocycles. The van der Waals surface area contributed by atoms with E-state index in [1.165, 1.54) is 26.8 Å². The lowest BCUT2D eigenvalue weighted by molar-refractivity contribution is -0.133. The maximum atomic E-state index is 12.2. The molecule has 2 aromatic carbocycles. The third kappa shape index (κ3) is 6.14. The van der Waals surface area contributed by atoms with Gasteiger partial charge in [-0.15, -0.1) is 0 Å². The molecule has 8 heteroatoms. The molecule has 0 aliphatic rings. The van der Waals surface area contributed by atoms with Crippen molar-refractivity contribution in [2.45, 2.75) is 6.42 Å². The molecule has 0 fully saturated rings. The first kappa shape index (κ1) is 24.1. The fourth-order valence-corrected chi connectivity index (χ4v) is 2.87. The molecule has 0 bridgehead atoms. The van der Waals surface area contributed by atoms with E-state index in [1.54, 1.807) is 30.3 Å². The van der Waals surface area contributed by atoms with Crippen LogP contribution < -0.4 is 4.74 Å². The summed E-state index contributed by atoms with van der Waals surface area (Å²) in [6.07, 6.45) is 3.18. The Labute approximate surface area is 186 Å². The SMILES string of the molecule is CO.COC=C(C(=O)OC)c1ccccc1Cc1cc(Oc2ccccc2C#N)ncn1. The fourth-order valence-electron chi connectivity index (χ4n) is 2.87. The molecule has 164 valence electrons. The highest BCUT2D eigenvalue weighted by Crippen LogP contribution is 2.26. The van der Waals surface area contributed by atoms with Crippen LogP contribution in [0.25, 0.3) is 5.57 Å². The van der Waals surface area contributed by atoms with Crippen molar-refractivity contribution in [3.8, 4) is 17.7 Å². The van der Waals surface area contributed by atoms with E-state index in [2.05, 4.69) is 16.0 Å². The molecule has 3 aromatic rings. The summed E-state index contributed by atoms with van der Waals surface area (Å²) in [5.41, 5.74) is 2.94. The van der Waals surface area contributed by atoms with E-state index in [1.807, 2.05) is 24.3 Å². The van der Waals surface area contributed by atoms with Crippen molar-refractivity contribution < 1.29 is 24.1 Å². The molecule has 0 aliphatic heterocycles. The van der Waals surface area contributed by atoms with Gasteiger partial charge < -0.3 is 19.3 Å². The highest BCUT2D eigenvalue weighted by atomic mass is 16.5. The van der Waals surface area contributed by atoms with Gasteiger partial charge in [0.05, 0.1) is 31.7 Å². The number of aliphatic hydroxyl groups excluding tert-OH is 1. The van der Waals surface area contributed by atoms with Crippen LogP contribution in [0.1, 0.15) is 22.4 Å². The smallest absolute Gasteiger partial charge is 0.341 e. The van der Waals surface area contributed by atoms with E-state index in [-0.39, 0.29) is 0 Å². The van der Waals surface area contributed by atoms with E-state index in [0.717, 1.165) is 12.7 Å². The molecule has 1 heterocycles. The molecule has 0 saturated carbocycles. The van der Waals surface area contributed by atoms with E-state index in [9.17, 15) is 10.1 Å². The first-order valence-corrected chi connectivity index (χ1v) is 9.48. The lowest BCUT2D eigenvalue weighted by Crippen LogP contribution is -2.07. The van der Waals surface area contributed by atoms with E-state index >= 15 is 0 Å². The minimum absolute atomic E-state index is 0.309. The molecular formula is C24H23N3O5. The van der Waals surface area contributed by atoms with Gasteiger partial charge >= 0.3 is 5.97 Å². The standard InChI is InChI=1S/C23H19N3O4.CH4O/c1-28-14-20(23(27)29-2)19-9-5-3-7-16(19)11-18-12-22(26-15-25-18)30-21-10-6-4-8-17(21)13-24;1-2/h3-10,12,14-15H,11H2,1-2H3;2H,1H3. The maximum Gasteiger partial charge on any atom is 0.341 e. The number of hydrogen-bond donors (Lipinski definition) is 1. The van der Waals surface area contributed by atoms with E-state index in [0.29, 0.717) is 40.4 Å². The molecule has 1 aromatic heterocycles. The van der Waals surface area contributed by atoms with Crippen LogP contribution >= 0.6 is 0 Å². The van der Waals surface area contributed by atoms with Crippen molar-refractivity contribution in [1.82, 2.24) is 9.97 Å². The van der Waals surface area contributed by atoms with Crippen LogP contribution in [0, 0.1) is 11.3 Å². The highest BCUT2D eigenvalue weighted by molar-refractivity contribution is 6.16. The van der Waals surface area contributed by atoms with Gasteiger partial charge in [0.15, 0.2) is 0 Å². The summed E-state index contributed by atoms with van der Waals surface area (Å²) in [6, 6.07) is 18.1. The number of aliphatic hydroxyl groups is 1. The number of esters is 1. The second-order valence-corrected chi connectivity index (χ2v) is 6.15. The zero-order chi connectivity index (χ0) is 23.3. The number of aromatic nitrogens is 2. The minimum atomic E-state index is -0.496. The molecule has 0 radical (unpaired) electrons. The lowest BCUT2D eigenvalue weighted by atomic mass is 9.97. The first-order chi connectivity index (χ1) is 15.7. The predicted molar refractivity (Wildman–Crippen MR) is 118 cm³/mol. The Bertz CT molecular complexity index is 1120. The molecule has 32 heavy (non-hydrogen) atoms. The average molecular weight is 433 g/mol. The number of nitriles is 1. The Kier molecular flexibility index (Phi) is 9.37. The van der Waals surface area contributed by atoms with Crippen LogP contribution in [0.3, 0.4) is 0 Å². The van der Waals surface area contributed by atoms with Gasteiger partial charge in [-0.25, -0.2) is 14.8 Å². The Hall–Kier alpha value is -4.22. The van der Waals surface area contributed by atoms with E-state index in [4.69, 9.17) is 19.3 Å². The Morgan fingerprint density at radius 2 is 1.81 bits per heavy atom. The van der Waals surface area contributed by atoms with Crippen LogP contribution in [0.4, 0.5) is 0 Å². The number of carbonyl (C=O) groups is 1. The molecular weight excluding hydrogens is 410 g/mol. The number of ether oxygens (including phenoxy) is 3. The number of benzene rings is 2. The zero-order valence-corrected chi connectivity index (χ0v) is 18.0. The second-order valence-electron chi connectivity index (χ2n) is 6.15.